The van der Waals surface area contributed by atoms with E-state index in [9.17, 15) is 4.39 Å². The van der Waals surface area contributed by atoms with Crippen LogP contribution < -0.4 is 4.90 Å². The van der Waals surface area contributed by atoms with Gasteiger partial charge in [-0.05, 0) is 37.0 Å². The molecule has 1 fully saturated rings. The minimum absolute atomic E-state index is 0.119. The van der Waals surface area contributed by atoms with Crippen molar-refractivity contribution in [2.45, 2.75) is 23.8 Å². The van der Waals surface area contributed by atoms with Crippen LogP contribution >= 0.6 is 11.8 Å². The molecule has 0 spiro atoms. The first-order valence-corrected chi connectivity index (χ1v) is 9.09. The zero-order chi connectivity index (χ0) is 16.5. The average Bonchev–Trinajstić information content (AvgIpc) is 3.03. The Labute approximate surface area is 144 Å². The molecule has 1 aliphatic rings. The number of H-pyrrole nitrogens is 1. The number of nitrogens with one attached hydrogen (secondary N) is 1. The van der Waals surface area contributed by atoms with E-state index in [0.29, 0.717) is 12.0 Å². The van der Waals surface area contributed by atoms with Crippen LogP contribution in [0.3, 0.4) is 0 Å². The molecule has 1 saturated carbocycles. The van der Waals surface area contributed by atoms with E-state index in [1.807, 2.05) is 24.4 Å². The van der Waals surface area contributed by atoms with Crippen molar-refractivity contribution in [2.75, 3.05) is 17.7 Å². The number of hydrogen-bond acceptors (Lipinski definition) is 4. The van der Waals surface area contributed by atoms with Crippen LogP contribution in [0.4, 0.5) is 10.2 Å². The molecule has 4 rings (SSSR count). The first-order chi connectivity index (χ1) is 11.7. The van der Waals surface area contributed by atoms with Crippen LogP contribution in [0.5, 0.6) is 0 Å². The predicted octanol–water partition coefficient (Wildman–Crippen LogP) is 4.10. The molecule has 6 heteroatoms. The number of benzene rings is 1. The van der Waals surface area contributed by atoms with E-state index in [1.165, 1.54) is 6.07 Å². The number of aromatic nitrogens is 3. The molecule has 0 bridgehead atoms. The Balaban J connectivity index is 1.35. The highest BCUT2D eigenvalue weighted by atomic mass is 32.2. The van der Waals surface area contributed by atoms with Gasteiger partial charge in [-0.3, -0.25) is 0 Å². The van der Waals surface area contributed by atoms with E-state index < -0.39 is 0 Å². The topological polar surface area (TPSA) is 44.8 Å². The molecule has 0 saturated heterocycles. The Kier molecular flexibility index (Phi) is 4.14. The van der Waals surface area contributed by atoms with Gasteiger partial charge >= 0.3 is 0 Å². The summed E-state index contributed by atoms with van der Waals surface area (Å²) >= 11 is 1.62. The van der Waals surface area contributed by atoms with Gasteiger partial charge in [-0.2, -0.15) is 0 Å². The second kappa shape index (κ2) is 6.43. The van der Waals surface area contributed by atoms with Crippen molar-refractivity contribution in [3.05, 3.63) is 48.7 Å². The molecule has 0 radical (unpaired) electrons. The Morgan fingerprint density at radius 2 is 2.08 bits per heavy atom. The van der Waals surface area contributed by atoms with Crippen molar-refractivity contribution in [3.8, 4) is 0 Å². The van der Waals surface area contributed by atoms with E-state index in [0.717, 1.165) is 40.3 Å². The number of halogens is 1. The standard InChI is InChI=1S/C18H19FN4S/c1-23(18-14-6-7-20-17(14)21-11-22-18)13-8-12(9-13)10-24-16-5-3-2-4-15(16)19/h2-7,11-13H,8-10H2,1H3,(H,20,21,22). The minimum Gasteiger partial charge on any atom is -0.356 e. The maximum Gasteiger partial charge on any atom is 0.142 e. The third kappa shape index (κ3) is 2.86. The van der Waals surface area contributed by atoms with Gasteiger partial charge in [-0.15, -0.1) is 11.8 Å². The SMILES string of the molecule is CN(c1ncnc2[nH]ccc12)C1CC(CSc2ccccc2F)C1. The number of nitrogens with zero attached hydrogens (tertiary/aromatic N) is 3. The van der Waals surface area contributed by atoms with E-state index in [-0.39, 0.29) is 5.82 Å². The number of hydrogen-bond donors (Lipinski definition) is 1. The molecule has 0 atom stereocenters. The third-order valence-corrected chi connectivity index (χ3v) is 6.02. The summed E-state index contributed by atoms with van der Waals surface area (Å²) in [5, 5.41) is 1.06. The first-order valence-electron chi connectivity index (χ1n) is 8.10. The van der Waals surface area contributed by atoms with Gasteiger partial charge in [0.15, 0.2) is 0 Å². The monoisotopic (exact) mass is 342 g/mol. The van der Waals surface area contributed by atoms with Crippen molar-refractivity contribution in [2.24, 2.45) is 5.92 Å². The second-order valence-electron chi connectivity index (χ2n) is 6.28. The van der Waals surface area contributed by atoms with Gasteiger partial charge in [0.05, 0.1) is 5.39 Å². The molecule has 0 amide bonds. The summed E-state index contributed by atoms with van der Waals surface area (Å²) in [6, 6.07) is 9.51. The number of anilines is 1. The third-order valence-electron chi connectivity index (χ3n) is 4.74. The maximum atomic E-state index is 13.7. The van der Waals surface area contributed by atoms with Crippen LogP contribution in [0.15, 0.2) is 47.8 Å². The van der Waals surface area contributed by atoms with Crippen LogP contribution in [0.25, 0.3) is 11.0 Å². The normalized spacial score (nSPS) is 20.1. The lowest BCUT2D eigenvalue weighted by Crippen LogP contribution is -2.43. The molecule has 1 aromatic carbocycles. The first kappa shape index (κ1) is 15.4. The Hall–Kier alpha value is -2.08. The Morgan fingerprint density at radius 3 is 2.92 bits per heavy atom. The lowest BCUT2D eigenvalue weighted by atomic mass is 9.81. The van der Waals surface area contributed by atoms with Gasteiger partial charge in [0.25, 0.3) is 0 Å². The number of aromatic amines is 1. The van der Waals surface area contributed by atoms with E-state index in [2.05, 4.69) is 26.9 Å². The Morgan fingerprint density at radius 1 is 1.25 bits per heavy atom. The van der Waals surface area contributed by atoms with Crippen molar-refractivity contribution in [1.82, 2.24) is 15.0 Å². The lowest BCUT2D eigenvalue weighted by molar-refractivity contribution is 0.285. The number of fused-ring (bicyclic) bond motifs is 1. The number of rotatable bonds is 5. The summed E-state index contributed by atoms with van der Waals surface area (Å²) in [7, 11) is 2.10. The summed E-state index contributed by atoms with van der Waals surface area (Å²) < 4.78 is 13.7. The van der Waals surface area contributed by atoms with Crippen LogP contribution in [0.1, 0.15) is 12.8 Å². The van der Waals surface area contributed by atoms with Gasteiger partial charge in [-0.1, -0.05) is 12.1 Å². The average molecular weight is 342 g/mol. The quantitative estimate of drug-likeness (QED) is 0.709. The molecule has 4 nitrogen and oxygen atoms in total. The smallest absolute Gasteiger partial charge is 0.142 e. The molecule has 124 valence electrons. The van der Waals surface area contributed by atoms with Gasteiger partial charge < -0.3 is 9.88 Å². The molecule has 1 aliphatic carbocycles. The fourth-order valence-corrected chi connectivity index (χ4v) is 4.30. The van der Waals surface area contributed by atoms with E-state index >= 15 is 0 Å². The van der Waals surface area contributed by atoms with E-state index in [4.69, 9.17) is 0 Å². The van der Waals surface area contributed by atoms with Crippen LogP contribution in [-0.2, 0) is 0 Å². The molecular weight excluding hydrogens is 323 g/mol. The second-order valence-corrected chi connectivity index (χ2v) is 7.34. The van der Waals surface area contributed by atoms with Crippen molar-refractivity contribution < 1.29 is 4.39 Å². The minimum atomic E-state index is -0.119. The highest BCUT2D eigenvalue weighted by Gasteiger charge is 2.33. The van der Waals surface area contributed by atoms with Gasteiger partial charge in [0.2, 0.25) is 0 Å². The zero-order valence-corrected chi connectivity index (χ0v) is 14.3. The van der Waals surface area contributed by atoms with Gasteiger partial charge in [0.1, 0.15) is 23.6 Å². The fourth-order valence-electron chi connectivity index (χ4n) is 3.23. The van der Waals surface area contributed by atoms with Gasteiger partial charge in [-0.25, -0.2) is 14.4 Å². The molecular formula is C18H19FN4S. The molecule has 24 heavy (non-hydrogen) atoms. The highest BCUT2D eigenvalue weighted by molar-refractivity contribution is 7.99. The maximum absolute atomic E-state index is 13.7. The summed E-state index contributed by atoms with van der Waals surface area (Å²) in [6.07, 6.45) is 5.74. The summed E-state index contributed by atoms with van der Waals surface area (Å²) in [5.41, 5.74) is 0.873. The fraction of sp³-hybridized carbons (Fsp3) is 0.333. The number of thioether (sulfide) groups is 1. The summed E-state index contributed by atoms with van der Waals surface area (Å²) in [6.45, 7) is 0. The van der Waals surface area contributed by atoms with Crippen LogP contribution in [0.2, 0.25) is 0 Å². The highest BCUT2D eigenvalue weighted by Crippen LogP contribution is 2.38. The molecule has 2 heterocycles. The van der Waals surface area contributed by atoms with Crippen molar-refractivity contribution in [1.29, 1.82) is 0 Å². The van der Waals surface area contributed by atoms with Crippen LogP contribution in [0, 0.1) is 11.7 Å². The molecule has 3 aromatic rings. The summed E-state index contributed by atoms with van der Waals surface area (Å²) in [5.74, 6) is 2.46. The zero-order valence-electron chi connectivity index (χ0n) is 13.4. The van der Waals surface area contributed by atoms with Crippen LogP contribution in [-0.4, -0.2) is 33.8 Å². The molecule has 0 aliphatic heterocycles. The van der Waals surface area contributed by atoms with Gasteiger partial charge in [0, 0.05) is 29.9 Å². The lowest BCUT2D eigenvalue weighted by Gasteiger charge is -2.41. The van der Waals surface area contributed by atoms with Crippen molar-refractivity contribution in [3.63, 3.8) is 0 Å². The Bertz CT molecular complexity index is 844. The molecule has 1 N–H and O–H groups in total. The van der Waals surface area contributed by atoms with E-state index in [1.54, 1.807) is 24.2 Å². The van der Waals surface area contributed by atoms with Crippen molar-refractivity contribution >= 4 is 28.6 Å². The largest absolute Gasteiger partial charge is 0.356 e. The summed E-state index contributed by atoms with van der Waals surface area (Å²) in [4.78, 5) is 14.8. The molecule has 0 unspecified atom stereocenters. The molecule has 2 aromatic heterocycles. The predicted molar refractivity (Wildman–Crippen MR) is 95.9 cm³/mol.